The lowest BCUT2D eigenvalue weighted by molar-refractivity contribution is -0.143. The van der Waals surface area contributed by atoms with E-state index < -0.39 is 29.2 Å². The molecule has 0 bridgehead atoms. The van der Waals surface area contributed by atoms with E-state index in [1.54, 1.807) is 0 Å². The Balaban J connectivity index is 2.62. The number of benzene rings is 1. The van der Waals surface area contributed by atoms with Gasteiger partial charge in [0.15, 0.2) is 0 Å². The highest BCUT2D eigenvalue weighted by atomic mass is 35.5. The van der Waals surface area contributed by atoms with E-state index in [1.807, 2.05) is 0 Å². The number of carbonyl (C=O) groups is 1. The van der Waals surface area contributed by atoms with Gasteiger partial charge in [0.05, 0.1) is 16.3 Å². The van der Waals surface area contributed by atoms with Gasteiger partial charge in [0.2, 0.25) is 0 Å². The van der Waals surface area contributed by atoms with Crippen molar-refractivity contribution in [1.29, 1.82) is 0 Å². The Labute approximate surface area is 120 Å². The average molecular weight is 323 g/mol. The molecule has 0 atom stereocenters. The number of carboxylic acid groups (broad SMARTS) is 1. The number of halogens is 5. The van der Waals surface area contributed by atoms with Crippen molar-refractivity contribution in [3.63, 3.8) is 0 Å². The van der Waals surface area contributed by atoms with Gasteiger partial charge in [-0.25, -0.2) is 9.18 Å². The molecule has 0 amide bonds. The third-order valence-electron chi connectivity index (χ3n) is 2.73. The van der Waals surface area contributed by atoms with Crippen LogP contribution in [0.25, 0.3) is 11.3 Å². The van der Waals surface area contributed by atoms with Crippen LogP contribution in [0.15, 0.2) is 18.2 Å². The molecule has 0 saturated heterocycles. The van der Waals surface area contributed by atoms with Crippen molar-refractivity contribution in [2.45, 2.75) is 6.18 Å². The molecule has 9 heteroatoms. The zero-order valence-electron chi connectivity index (χ0n) is 10.4. The smallest absolute Gasteiger partial charge is 0.433 e. The summed E-state index contributed by atoms with van der Waals surface area (Å²) in [6.07, 6.45) is -4.62. The van der Waals surface area contributed by atoms with Crippen molar-refractivity contribution >= 4 is 17.6 Å². The number of alkyl halides is 3. The monoisotopic (exact) mass is 322 g/mol. The third-order valence-corrected chi connectivity index (χ3v) is 3.05. The first kappa shape index (κ1) is 15.3. The van der Waals surface area contributed by atoms with E-state index in [0.717, 1.165) is 19.2 Å². The highest BCUT2D eigenvalue weighted by Gasteiger charge is 2.35. The molecular weight excluding hydrogens is 316 g/mol. The summed E-state index contributed by atoms with van der Waals surface area (Å²) in [6, 6.07) is 2.29. The van der Waals surface area contributed by atoms with Crippen LogP contribution in [0.4, 0.5) is 17.6 Å². The molecule has 2 aromatic rings. The van der Waals surface area contributed by atoms with Crippen LogP contribution in [0.5, 0.6) is 0 Å². The molecular formula is C12H7ClF4N2O2. The molecule has 4 nitrogen and oxygen atoms in total. The fraction of sp³-hybridized carbons (Fsp3) is 0.167. The van der Waals surface area contributed by atoms with Crippen LogP contribution in [-0.4, -0.2) is 20.9 Å². The Morgan fingerprint density at radius 1 is 1.33 bits per heavy atom. The number of nitrogens with zero attached hydrogens (tertiary/aromatic N) is 2. The van der Waals surface area contributed by atoms with Gasteiger partial charge in [-0.15, -0.1) is 0 Å². The summed E-state index contributed by atoms with van der Waals surface area (Å²) < 4.78 is 52.1. The first-order chi connectivity index (χ1) is 9.61. The number of hydrogen-bond acceptors (Lipinski definition) is 2. The van der Waals surface area contributed by atoms with E-state index >= 15 is 0 Å². The number of aromatic nitrogens is 2. The fourth-order valence-corrected chi connectivity index (χ4v) is 2.02. The van der Waals surface area contributed by atoms with Crippen molar-refractivity contribution in [2.75, 3.05) is 0 Å². The van der Waals surface area contributed by atoms with Crippen LogP contribution in [0.1, 0.15) is 16.1 Å². The molecule has 0 radical (unpaired) electrons. The fourth-order valence-electron chi connectivity index (χ4n) is 1.77. The predicted octanol–water partition coefficient (Wildman–Crippen LogP) is 3.60. The summed E-state index contributed by atoms with van der Waals surface area (Å²) in [5.74, 6) is -2.64. The standard InChI is InChI=1S/C12H7ClF4N2O2/c1-19-10(12(15,16)17)4-9(18-19)5-2-6(11(20)21)8(14)3-7(5)13/h2-4H,1H3,(H,20,21). The minimum absolute atomic E-state index is 0.0958. The SMILES string of the molecule is Cn1nc(-c2cc(C(=O)O)c(F)cc2Cl)cc1C(F)(F)F. The number of rotatable bonds is 2. The zero-order chi connectivity index (χ0) is 15.9. The van der Waals surface area contributed by atoms with E-state index in [9.17, 15) is 22.4 Å². The molecule has 0 aliphatic rings. The second-order valence-corrected chi connectivity index (χ2v) is 4.56. The van der Waals surface area contributed by atoms with Gasteiger partial charge in [-0.1, -0.05) is 11.6 Å². The van der Waals surface area contributed by atoms with Crippen molar-refractivity contribution in [3.8, 4) is 11.3 Å². The normalized spacial score (nSPS) is 11.7. The minimum atomic E-state index is -4.62. The Morgan fingerprint density at radius 2 is 1.95 bits per heavy atom. The van der Waals surface area contributed by atoms with Gasteiger partial charge in [-0.05, 0) is 18.2 Å². The van der Waals surface area contributed by atoms with Crippen LogP contribution in [0.3, 0.4) is 0 Å². The zero-order valence-corrected chi connectivity index (χ0v) is 11.1. The molecule has 0 fully saturated rings. The first-order valence-corrected chi connectivity index (χ1v) is 5.83. The van der Waals surface area contributed by atoms with Gasteiger partial charge < -0.3 is 5.11 Å². The highest BCUT2D eigenvalue weighted by Crippen LogP contribution is 2.35. The summed E-state index contributed by atoms with van der Waals surface area (Å²) in [5.41, 5.74) is -2.03. The van der Waals surface area contributed by atoms with Gasteiger partial charge >= 0.3 is 12.1 Å². The van der Waals surface area contributed by atoms with E-state index in [0.29, 0.717) is 10.7 Å². The lowest BCUT2D eigenvalue weighted by Crippen LogP contribution is -2.11. The minimum Gasteiger partial charge on any atom is -0.478 e. The maximum atomic E-state index is 13.4. The summed E-state index contributed by atoms with van der Waals surface area (Å²) in [4.78, 5) is 10.9. The van der Waals surface area contributed by atoms with Crippen molar-refractivity contribution in [2.24, 2.45) is 7.05 Å². The molecule has 21 heavy (non-hydrogen) atoms. The lowest BCUT2D eigenvalue weighted by atomic mass is 10.1. The van der Waals surface area contributed by atoms with E-state index in [4.69, 9.17) is 16.7 Å². The van der Waals surface area contributed by atoms with E-state index in [-0.39, 0.29) is 16.3 Å². The van der Waals surface area contributed by atoms with Crippen molar-refractivity contribution in [1.82, 2.24) is 9.78 Å². The predicted molar refractivity (Wildman–Crippen MR) is 65.6 cm³/mol. The van der Waals surface area contributed by atoms with E-state index in [2.05, 4.69) is 5.10 Å². The number of aryl methyl sites for hydroxylation is 1. The van der Waals surface area contributed by atoms with Crippen LogP contribution in [-0.2, 0) is 13.2 Å². The topological polar surface area (TPSA) is 55.1 Å². The largest absolute Gasteiger partial charge is 0.478 e. The third kappa shape index (κ3) is 2.85. The summed E-state index contributed by atoms with van der Waals surface area (Å²) in [7, 11) is 1.09. The molecule has 1 heterocycles. The Morgan fingerprint density at radius 3 is 2.43 bits per heavy atom. The van der Waals surface area contributed by atoms with Crippen LogP contribution in [0, 0.1) is 5.82 Å². The molecule has 1 aromatic heterocycles. The highest BCUT2D eigenvalue weighted by molar-refractivity contribution is 6.33. The molecule has 0 aliphatic carbocycles. The maximum Gasteiger partial charge on any atom is 0.433 e. The summed E-state index contributed by atoms with van der Waals surface area (Å²) in [6.45, 7) is 0. The van der Waals surface area contributed by atoms with Gasteiger partial charge in [0, 0.05) is 12.6 Å². The first-order valence-electron chi connectivity index (χ1n) is 5.45. The summed E-state index contributed by atoms with van der Waals surface area (Å²) in [5, 5.41) is 12.2. The molecule has 0 spiro atoms. The number of aromatic carboxylic acids is 1. The molecule has 0 saturated carbocycles. The Kier molecular flexibility index (Phi) is 3.66. The maximum absolute atomic E-state index is 13.4. The van der Waals surface area contributed by atoms with Gasteiger partial charge in [-0.2, -0.15) is 18.3 Å². The summed E-state index contributed by atoms with van der Waals surface area (Å²) >= 11 is 5.75. The van der Waals surface area contributed by atoms with E-state index in [1.165, 1.54) is 0 Å². The molecule has 1 aromatic carbocycles. The average Bonchev–Trinajstić information content (AvgIpc) is 2.70. The van der Waals surface area contributed by atoms with Gasteiger partial charge in [0.1, 0.15) is 11.5 Å². The van der Waals surface area contributed by atoms with Crippen LogP contribution in [0.2, 0.25) is 5.02 Å². The van der Waals surface area contributed by atoms with Crippen LogP contribution < -0.4 is 0 Å². The quantitative estimate of drug-likeness (QED) is 0.860. The molecule has 2 rings (SSSR count). The van der Waals surface area contributed by atoms with Gasteiger partial charge in [-0.3, -0.25) is 4.68 Å². The molecule has 112 valence electrons. The van der Waals surface area contributed by atoms with Crippen molar-refractivity contribution in [3.05, 3.63) is 40.3 Å². The number of hydrogen-bond donors (Lipinski definition) is 1. The second-order valence-electron chi connectivity index (χ2n) is 4.15. The molecule has 1 N–H and O–H groups in total. The van der Waals surface area contributed by atoms with Crippen molar-refractivity contribution < 1.29 is 27.5 Å². The van der Waals surface area contributed by atoms with Crippen LogP contribution >= 0.6 is 11.6 Å². The number of carboxylic acids is 1. The molecule has 0 aliphatic heterocycles. The lowest BCUT2D eigenvalue weighted by Gasteiger charge is -2.04. The molecule has 0 unspecified atom stereocenters. The second kappa shape index (κ2) is 5.03. The van der Waals surface area contributed by atoms with Gasteiger partial charge in [0.25, 0.3) is 0 Å². The Hall–Kier alpha value is -2.09. The Bertz CT molecular complexity index is 725.